The van der Waals surface area contributed by atoms with Gasteiger partial charge in [-0.15, -0.1) is 0 Å². The summed E-state index contributed by atoms with van der Waals surface area (Å²) in [6.45, 7) is 1.39. The molecule has 1 saturated carbocycles. The van der Waals surface area contributed by atoms with E-state index in [2.05, 4.69) is 12.1 Å². The van der Waals surface area contributed by atoms with Crippen LogP contribution in [0.5, 0.6) is 0 Å². The van der Waals surface area contributed by atoms with Gasteiger partial charge in [-0.2, -0.15) is 10.5 Å². The van der Waals surface area contributed by atoms with Gasteiger partial charge in [-0.25, -0.2) is 0 Å². The van der Waals surface area contributed by atoms with Gasteiger partial charge in [-0.1, -0.05) is 24.3 Å². The molecule has 1 aliphatic rings. The highest BCUT2D eigenvalue weighted by atomic mass is 16.1. The van der Waals surface area contributed by atoms with Crippen LogP contribution in [0.3, 0.4) is 0 Å². The zero-order valence-corrected chi connectivity index (χ0v) is 18.7. The molecule has 0 N–H and O–H groups in total. The molecule has 1 aliphatic carbocycles. The molecule has 1 fully saturated rings. The Bertz CT molecular complexity index is 995. The number of nitriles is 2. The number of rotatable bonds is 8. The molecule has 0 amide bonds. The average molecular weight is 425 g/mol. The number of benzene rings is 2. The van der Waals surface area contributed by atoms with Gasteiger partial charge < -0.3 is 9.80 Å². The molecule has 3 rings (SSSR count). The number of carbonyl (C=O) groups is 1. The van der Waals surface area contributed by atoms with Crippen molar-refractivity contribution in [2.75, 3.05) is 37.0 Å². The molecule has 5 nitrogen and oxygen atoms in total. The number of ketones is 1. The lowest BCUT2D eigenvalue weighted by Gasteiger charge is -2.17. The summed E-state index contributed by atoms with van der Waals surface area (Å²) in [7, 11) is 3.94. The summed E-state index contributed by atoms with van der Waals surface area (Å²) >= 11 is 0. The van der Waals surface area contributed by atoms with Crippen LogP contribution in [0.15, 0.2) is 59.7 Å². The maximum Gasteiger partial charge on any atom is 0.185 e. The van der Waals surface area contributed by atoms with E-state index in [4.69, 9.17) is 10.5 Å². The van der Waals surface area contributed by atoms with Crippen LogP contribution in [0.4, 0.5) is 11.4 Å². The van der Waals surface area contributed by atoms with E-state index in [1.165, 1.54) is 0 Å². The van der Waals surface area contributed by atoms with E-state index in [1.54, 1.807) is 0 Å². The van der Waals surface area contributed by atoms with Crippen LogP contribution < -0.4 is 9.80 Å². The third-order valence-electron chi connectivity index (χ3n) is 5.71. The fourth-order valence-corrected chi connectivity index (χ4v) is 3.72. The van der Waals surface area contributed by atoms with Gasteiger partial charge in [0.1, 0.15) is 0 Å². The van der Waals surface area contributed by atoms with Crippen molar-refractivity contribution in [1.29, 1.82) is 10.5 Å². The molecule has 0 radical (unpaired) electrons. The lowest BCUT2D eigenvalue weighted by atomic mass is 10.1. The number of Topliss-reactive ketones (excluding diaryl/α,β-unsaturated/α-hetero) is 1. The van der Waals surface area contributed by atoms with E-state index in [-0.39, 0.29) is 5.78 Å². The Labute approximate surface area is 190 Å². The van der Waals surface area contributed by atoms with E-state index in [1.807, 2.05) is 84.6 Å². The molecule has 32 heavy (non-hydrogen) atoms. The maximum atomic E-state index is 12.9. The number of allylic oxidation sites excluding steroid dienone is 2. The monoisotopic (exact) mass is 424 g/mol. The van der Waals surface area contributed by atoms with E-state index in [0.717, 1.165) is 46.5 Å². The van der Waals surface area contributed by atoms with Gasteiger partial charge in [-0.05, 0) is 60.4 Å². The third kappa shape index (κ3) is 5.86. The molecule has 162 valence electrons. The minimum atomic E-state index is 0.121. The van der Waals surface area contributed by atoms with E-state index in [0.29, 0.717) is 25.9 Å². The second-order valence-corrected chi connectivity index (χ2v) is 8.01. The Balaban J connectivity index is 1.66. The summed E-state index contributed by atoms with van der Waals surface area (Å²) < 4.78 is 0. The van der Waals surface area contributed by atoms with Crippen LogP contribution in [0.2, 0.25) is 0 Å². The first-order valence-electron chi connectivity index (χ1n) is 10.8. The summed E-state index contributed by atoms with van der Waals surface area (Å²) in [6.07, 6.45) is 6.46. The highest BCUT2D eigenvalue weighted by Gasteiger charge is 2.22. The van der Waals surface area contributed by atoms with Crippen LogP contribution in [0.1, 0.15) is 36.8 Å². The van der Waals surface area contributed by atoms with Crippen LogP contribution in [0.25, 0.3) is 12.2 Å². The van der Waals surface area contributed by atoms with Crippen molar-refractivity contribution in [2.45, 2.75) is 25.7 Å². The molecule has 0 atom stereocenters. The Hall–Kier alpha value is -3.83. The van der Waals surface area contributed by atoms with Crippen LogP contribution in [-0.4, -0.2) is 33.0 Å². The summed E-state index contributed by atoms with van der Waals surface area (Å²) in [5.74, 6) is 0.121. The summed E-state index contributed by atoms with van der Waals surface area (Å²) in [6, 6.07) is 20.5. The molecule has 2 aromatic rings. The molecule has 5 heteroatoms. The highest BCUT2D eigenvalue weighted by molar-refractivity contribution is 6.15. The van der Waals surface area contributed by atoms with Crippen LogP contribution in [0, 0.1) is 22.7 Å². The SMILES string of the molecule is CN(CCC#N)c1ccc(/C=C2/CC/C(=C\c3ccc(N(C)CCC#N)cc3)C2=O)cc1. The van der Waals surface area contributed by atoms with Gasteiger partial charge in [0.2, 0.25) is 0 Å². The largest absolute Gasteiger partial charge is 0.374 e. The van der Waals surface area contributed by atoms with Gasteiger partial charge in [-0.3, -0.25) is 4.79 Å². The Morgan fingerprint density at radius 3 is 1.47 bits per heavy atom. The quantitative estimate of drug-likeness (QED) is 0.544. The first-order chi connectivity index (χ1) is 15.5. The number of hydrogen-bond acceptors (Lipinski definition) is 5. The number of anilines is 2. The molecule has 0 spiro atoms. The topological polar surface area (TPSA) is 71.1 Å². The molecular weight excluding hydrogens is 396 g/mol. The molecule has 0 bridgehead atoms. The number of hydrogen-bond donors (Lipinski definition) is 0. The van der Waals surface area contributed by atoms with Crippen molar-refractivity contribution >= 4 is 29.3 Å². The third-order valence-corrected chi connectivity index (χ3v) is 5.71. The van der Waals surface area contributed by atoms with E-state index in [9.17, 15) is 4.79 Å². The second-order valence-electron chi connectivity index (χ2n) is 8.01. The van der Waals surface area contributed by atoms with E-state index < -0.39 is 0 Å². The Morgan fingerprint density at radius 1 is 0.750 bits per heavy atom. The lowest BCUT2D eigenvalue weighted by Crippen LogP contribution is -2.17. The zero-order valence-electron chi connectivity index (χ0n) is 18.7. The first-order valence-corrected chi connectivity index (χ1v) is 10.8. The summed E-state index contributed by atoms with van der Waals surface area (Å²) in [5.41, 5.74) is 5.82. The van der Waals surface area contributed by atoms with Crippen LogP contribution >= 0.6 is 0 Å². The van der Waals surface area contributed by atoms with Crippen molar-refractivity contribution in [3.8, 4) is 12.1 Å². The van der Waals surface area contributed by atoms with Gasteiger partial charge in [0.25, 0.3) is 0 Å². The number of carbonyl (C=O) groups excluding carboxylic acids is 1. The minimum absolute atomic E-state index is 0.121. The number of nitrogens with zero attached hydrogens (tertiary/aromatic N) is 4. The van der Waals surface area contributed by atoms with Crippen LogP contribution in [-0.2, 0) is 4.79 Å². The first kappa shape index (κ1) is 22.8. The summed E-state index contributed by atoms with van der Waals surface area (Å²) in [4.78, 5) is 17.0. The molecule has 0 heterocycles. The second kappa shape index (κ2) is 11.0. The molecule has 2 aromatic carbocycles. The Morgan fingerprint density at radius 2 is 1.12 bits per heavy atom. The molecule has 0 unspecified atom stereocenters. The van der Waals surface area contributed by atoms with Gasteiger partial charge in [0.15, 0.2) is 5.78 Å². The van der Waals surface area contributed by atoms with Gasteiger partial charge >= 0.3 is 0 Å². The fourth-order valence-electron chi connectivity index (χ4n) is 3.72. The molecule has 0 saturated heterocycles. The predicted molar refractivity (Wildman–Crippen MR) is 130 cm³/mol. The smallest absolute Gasteiger partial charge is 0.185 e. The maximum absolute atomic E-state index is 12.9. The lowest BCUT2D eigenvalue weighted by molar-refractivity contribution is -0.111. The zero-order chi connectivity index (χ0) is 22.9. The highest BCUT2D eigenvalue weighted by Crippen LogP contribution is 2.30. The van der Waals surface area contributed by atoms with Crippen molar-refractivity contribution in [2.24, 2.45) is 0 Å². The predicted octanol–water partition coefficient (Wildman–Crippen LogP) is 5.22. The van der Waals surface area contributed by atoms with E-state index >= 15 is 0 Å². The van der Waals surface area contributed by atoms with Gasteiger partial charge in [0, 0.05) is 49.7 Å². The van der Waals surface area contributed by atoms with Crippen molar-refractivity contribution in [3.05, 3.63) is 70.8 Å². The average Bonchev–Trinajstić information content (AvgIpc) is 3.15. The Kier molecular flexibility index (Phi) is 7.84. The van der Waals surface area contributed by atoms with Gasteiger partial charge in [0.05, 0.1) is 25.0 Å². The summed E-state index contributed by atoms with van der Waals surface area (Å²) in [5, 5.41) is 17.5. The fraction of sp³-hybridized carbons (Fsp3) is 0.296. The standard InChI is InChI=1S/C27H28N4O/c1-30(17-3-15-28)25-11-5-21(6-12-25)19-23-9-10-24(27(23)32)20-22-7-13-26(14-8-22)31(2)18-4-16-29/h5-8,11-14,19-20H,3-4,9-10,17-18H2,1-2H3/b23-19-,24-20+. The molecule has 0 aromatic heterocycles. The van der Waals surface area contributed by atoms with Crippen molar-refractivity contribution in [1.82, 2.24) is 0 Å². The normalized spacial score (nSPS) is 15.6. The minimum Gasteiger partial charge on any atom is -0.374 e. The van der Waals surface area contributed by atoms with Crippen molar-refractivity contribution < 1.29 is 4.79 Å². The molecular formula is C27H28N4O. The van der Waals surface area contributed by atoms with Crippen molar-refractivity contribution in [3.63, 3.8) is 0 Å². The molecule has 0 aliphatic heterocycles.